The number of nitrogens with zero attached hydrogens (tertiary/aromatic N) is 3. The molecule has 0 aliphatic heterocycles. The molecular weight excluding hydrogens is 323 g/mol. The minimum atomic E-state index is -4.55. The number of carbonyl (C=O) groups is 1. The standard InChI is InChI=1S/C15H16F3N5O/c1-23(2)13-7-8-19-12(22-13)9-20-14(24)21-11-6-4-3-5-10(11)15(16,17)18/h3-8H,9H2,1-2H3,(H2,20,21,24). The lowest BCUT2D eigenvalue weighted by molar-refractivity contribution is -0.136. The molecular formula is C15H16F3N5O. The third kappa shape index (κ3) is 4.58. The Morgan fingerprint density at radius 1 is 1.21 bits per heavy atom. The van der Waals surface area contributed by atoms with Gasteiger partial charge in [-0.15, -0.1) is 0 Å². The first-order valence-corrected chi connectivity index (χ1v) is 6.97. The number of halogens is 3. The molecule has 0 saturated heterocycles. The summed E-state index contributed by atoms with van der Waals surface area (Å²) in [6, 6.07) is 5.68. The summed E-state index contributed by atoms with van der Waals surface area (Å²) in [4.78, 5) is 21.8. The summed E-state index contributed by atoms with van der Waals surface area (Å²) in [6.45, 7) is -0.0122. The Labute approximate surface area is 136 Å². The molecule has 2 aromatic rings. The molecule has 2 amide bonds. The zero-order valence-corrected chi connectivity index (χ0v) is 13.1. The summed E-state index contributed by atoms with van der Waals surface area (Å²) in [6.07, 6.45) is -3.01. The van der Waals surface area contributed by atoms with Crippen LogP contribution >= 0.6 is 0 Å². The van der Waals surface area contributed by atoms with Gasteiger partial charge in [0.1, 0.15) is 11.6 Å². The van der Waals surface area contributed by atoms with Gasteiger partial charge in [0.2, 0.25) is 0 Å². The van der Waals surface area contributed by atoms with Crippen LogP contribution in [-0.4, -0.2) is 30.1 Å². The van der Waals surface area contributed by atoms with E-state index in [9.17, 15) is 18.0 Å². The second-order valence-corrected chi connectivity index (χ2v) is 5.08. The topological polar surface area (TPSA) is 70.2 Å². The zero-order chi connectivity index (χ0) is 17.7. The largest absolute Gasteiger partial charge is 0.418 e. The van der Waals surface area contributed by atoms with Crippen molar-refractivity contribution in [2.45, 2.75) is 12.7 Å². The van der Waals surface area contributed by atoms with Crippen molar-refractivity contribution in [2.75, 3.05) is 24.3 Å². The van der Waals surface area contributed by atoms with E-state index in [1.54, 1.807) is 25.1 Å². The SMILES string of the molecule is CN(C)c1ccnc(CNC(=O)Nc2ccccc2C(F)(F)F)n1. The Hall–Kier alpha value is -2.84. The predicted molar refractivity (Wildman–Crippen MR) is 83.7 cm³/mol. The maximum atomic E-state index is 12.9. The van der Waals surface area contributed by atoms with Crippen LogP contribution in [0.4, 0.5) is 29.5 Å². The monoisotopic (exact) mass is 339 g/mol. The first-order valence-electron chi connectivity index (χ1n) is 6.97. The van der Waals surface area contributed by atoms with Gasteiger partial charge in [0, 0.05) is 20.3 Å². The van der Waals surface area contributed by atoms with Crippen LogP contribution in [0.5, 0.6) is 0 Å². The van der Waals surface area contributed by atoms with Gasteiger partial charge in [-0.1, -0.05) is 12.1 Å². The van der Waals surface area contributed by atoms with Gasteiger partial charge in [-0.2, -0.15) is 13.2 Å². The van der Waals surface area contributed by atoms with E-state index in [4.69, 9.17) is 0 Å². The number of nitrogens with one attached hydrogen (secondary N) is 2. The van der Waals surface area contributed by atoms with Crippen molar-refractivity contribution in [3.8, 4) is 0 Å². The summed E-state index contributed by atoms with van der Waals surface area (Å²) in [5, 5.41) is 4.62. The highest BCUT2D eigenvalue weighted by Gasteiger charge is 2.33. The van der Waals surface area contributed by atoms with Crippen molar-refractivity contribution in [1.29, 1.82) is 0 Å². The van der Waals surface area contributed by atoms with Gasteiger partial charge in [-0.05, 0) is 18.2 Å². The maximum absolute atomic E-state index is 12.9. The minimum absolute atomic E-state index is 0.0122. The van der Waals surface area contributed by atoms with E-state index in [1.807, 2.05) is 0 Å². The number of carbonyl (C=O) groups excluding carboxylic acids is 1. The number of hydrogen-bond donors (Lipinski definition) is 2. The second kappa shape index (κ2) is 7.16. The number of alkyl halides is 3. The average Bonchev–Trinajstić information content (AvgIpc) is 2.52. The fourth-order valence-corrected chi connectivity index (χ4v) is 1.89. The van der Waals surface area contributed by atoms with E-state index in [1.165, 1.54) is 24.4 Å². The number of anilines is 2. The molecule has 1 aromatic heterocycles. The molecule has 6 nitrogen and oxygen atoms in total. The molecule has 0 bridgehead atoms. The molecule has 0 unspecified atom stereocenters. The lowest BCUT2D eigenvalue weighted by Crippen LogP contribution is -2.30. The third-order valence-corrected chi connectivity index (χ3v) is 3.04. The Balaban J connectivity index is 2.01. The molecule has 0 fully saturated rings. The first-order chi connectivity index (χ1) is 11.3. The summed E-state index contributed by atoms with van der Waals surface area (Å²) in [5.41, 5.74) is -1.23. The van der Waals surface area contributed by atoms with Crippen LogP contribution in [0.25, 0.3) is 0 Å². The summed E-state index contributed by atoms with van der Waals surface area (Å²) < 4.78 is 38.6. The number of para-hydroxylation sites is 1. The smallest absolute Gasteiger partial charge is 0.363 e. The molecule has 0 atom stereocenters. The number of benzene rings is 1. The highest BCUT2D eigenvalue weighted by Crippen LogP contribution is 2.34. The molecule has 24 heavy (non-hydrogen) atoms. The number of urea groups is 1. The van der Waals surface area contributed by atoms with E-state index in [2.05, 4.69) is 20.6 Å². The van der Waals surface area contributed by atoms with E-state index >= 15 is 0 Å². The fourth-order valence-electron chi connectivity index (χ4n) is 1.89. The fraction of sp³-hybridized carbons (Fsp3) is 0.267. The number of hydrogen-bond acceptors (Lipinski definition) is 4. The molecule has 0 radical (unpaired) electrons. The maximum Gasteiger partial charge on any atom is 0.418 e. The van der Waals surface area contributed by atoms with Gasteiger partial charge in [-0.25, -0.2) is 14.8 Å². The van der Waals surface area contributed by atoms with Gasteiger partial charge >= 0.3 is 12.2 Å². The van der Waals surface area contributed by atoms with E-state index in [0.29, 0.717) is 11.6 Å². The van der Waals surface area contributed by atoms with Crippen molar-refractivity contribution >= 4 is 17.5 Å². The summed E-state index contributed by atoms with van der Waals surface area (Å²) >= 11 is 0. The van der Waals surface area contributed by atoms with Crippen LogP contribution in [0.2, 0.25) is 0 Å². The van der Waals surface area contributed by atoms with Gasteiger partial charge in [-0.3, -0.25) is 0 Å². The highest BCUT2D eigenvalue weighted by molar-refractivity contribution is 5.90. The van der Waals surface area contributed by atoms with Gasteiger partial charge in [0.25, 0.3) is 0 Å². The van der Waals surface area contributed by atoms with Crippen molar-refractivity contribution in [3.05, 3.63) is 47.9 Å². The normalized spacial score (nSPS) is 11.0. The lowest BCUT2D eigenvalue weighted by atomic mass is 10.1. The van der Waals surface area contributed by atoms with Crippen molar-refractivity contribution in [1.82, 2.24) is 15.3 Å². The van der Waals surface area contributed by atoms with Gasteiger partial charge in [0.15, 0.2) is 0 Å². The van der Waals surface area contributed by atoms with Crippen molar-refractivity contribution in [2.24, 2.45) is 0 Å². The van der Waals surface area contributed by atoms with Gasteiger partial charge < -0.3 is 15.5 Å². The number of amides is 2. The molecule has 9 heteroatoms. The lowest BCUT2D eigenvalue weighted by Gasteiger charge is -2.14. The number of aromatic nitrogens is 2. The highest BCUT2D eigenvalue weighted by atomic mass is 19.4. The van der Waals surface area contributed by atoms with Crippen LogP contribution in [0.3, 0.4) is 0 Å². The molecule has 1 aromatic carbocycles. The predicted octanol–water partition coefficient (Wildman–Crippen LogP) is 2.88. The van der Waals surface area contributed by atoms with Crippen LogP contribution in [0, 0.1) is 0 Å². The van der Waals surface area contributed by atoms with Crippen molar-refractivity contribution < 1.29 is 18.0 Å². The van der Waals surface area contributed by atoms with E-state index in [-0.39, 0.29) is 12.2 Å². The van der Waals surface area contributed by atoms with Crippen LogP contribution in [0.1, 0.15) is 11.4 Å². The Morgan fingerprint density at radius 3 is 2.58 bits per heavy atom. The molecule has 0 aliphatic rings. The summed E-state index contributed by atoms with van der Waals surface area (Å²) in [7, 11) is 3.61. The van der Waals surface area contributed by atoms with E-state index < -0.39 is 17.8 Å². The minimum Gasteiger partial charge on any atom is -0.363 e. The molecule has 1 heterocycles. The van der Waals surface area contributed by atoms with Crippen LogP contribution < -0.4 is 15.5 Å². The molecule has 0 saturated carbocycles. The second-order valence-electron chi connectivity index (χ2n) is 5.08. The van der Waals surface area contributed by atoms with Crippen molar-refractivity contribution in [3.63, 3.8) is 0 Å². The first kappa shape index (κ1) is 17.5. The quantitative estimate of drug-likeness (QED) is 0.899. The molecule has 2 N–H and O–H groups in total. The summed E-state index contributed by atoms with van der Waals surface area (Å²) in [5.74, 6) is 1.00. The van der Waals surface area contributed by atoms with Crippen LogP contribution in [0.15, 0.2) is 36.5 Å². The zero-order valence-electron chi connectivity index (χ0n) is 13.1. The molecule has 0 aliphatic carbocycles. The Morgan fingerprint density at radius 2 is 1.92 bits per heavy atom. The third-order valence-electron chi connectivity index (χ3n) is 3.04. The molecule has 0 spiro atoms. The Bertz CT molecular complexity index is 718. The molecule has 2 rings (SSSR count). The Kier molecular flexibility index (Phi) is 5.22. The van der Waals surface area contributed by atoms with Gasteiger partial charge in [0.05, 0.1) is 17.8 Å². The molecule has 128 valence electrons. The average molecular weight is 339 g/mol. The van der Waals surface area contributed by atoms with E-state index in [0.717, 1.165) is 6.07 Å². The van der Waals surface area contributed by atoms with Crippen LogP contribution in [-0.2, 0) is 12.7 Å². The number of rotatable bonds is 4.